The van der Waals surface area contributed by atoms with E-state index in [4.69, 9.17) is 4.74 Å². The van der Waals surface area contributed by atoms with Crippen LogP contribution in [0.15, 0.2) is 0 Å². The van der Waals surface area contributed by atoms with Gasteiger partial charge in [0.1, 0.15) is 6.61 Å². The number of hydrogen-bond donors (Lipinski definition) is 1. The first kappa shape index (κ1) is 16.9. The van der Waals surface area contributed by atoms with Gasteiger partial charge in [-0.15, -0.1) is 0 Å². The maximum atomic E-state index is 11.4. The van der Waals surface area contributed by atoms with E-state index >= 15 is 0 Å². The molecule has 0 saturated carbocycles. The third-order valence-corrected chi connectivity index (χ3v) is 2.53. The standard InChI is InChI=1S/C14H27NO3/c1-5-6-7-8-9-12(16)15-10-11-18-13(17)14(2,3)4/h5-11H2,1-4H3,(H,15,16). The van der Waals surface area contributed by atoms with Crippen LogP contribution in [0.5, 0.6) is 0 Å². The second-order valence-electron chi connectivity index (χ2n) is 5.55. The number of hydrogen-bond acceptors (Lipinski definition) is 3. The summed E-state index contributed by atoms with van der Waals surface area (Å²) in [6.07, 6.45) is 4.94. The van der Waals surface area contributed by atoms with E-state index < -0.39 is 5.41 Å². The van der Waals surface area contributed by atoms with Gasteiger partial charge in [0.2, 0.25) is 5.91 Å². The largest absolute Gasteiger partial charge is 0.463 e. The fraction of sp³-hybridized carbons (Fsp3) is 0.857. The highest BCUT2D eigenvalue weighted by molar-refractivity contribution is 5.76. The summed E-state index contributed by atoms with van der Waals surface area (Å²) in [6, 6.07) is 0. The Morgan fingerprint density at radius 2 is 1.78 bits per heavy atom. The third kappa shape index (κ3) is 9.02. The molecule has 0 aliphatic rings. The third-order valence-electron chi connectivity index (χ3n) is 2.53. The fourth-order valence-corrected chi connectivity index (χ4v) is 1.35. The van der Waals surface area contributed by atoms with Crippen LogP contribution >= 0.6 is 0 Å². The van der Waals surface area contributed by atoms with Crippen LogP contribution in [0, 0.1) is 5.41 Å². The van der Waals surface area contributed by atoms with Crippen LogP contribution in [0.4, 0.5) is 0 Å². The maximum Gasteiger partial charge on any atom is 0.311 e. The van der Waals surface area contributed by atoms with E-state index in [-0.39, 0.29) is 18.5 Å². The summed E-state index contributed by atoms with van der Waals surface area (Å²) < 4.78 is 5.05. The highest BCUT2D eigenvalue weighted by Crippen LogP contribution is 2.14. The van der Waals surface area contributed by atoms with Gasteiger partial charge in [-0.25, -0.2) is 0 Å². The van der Waals surface area contributed by atoms with Crippen molar-refractivity contribution < 1.29 is 14.3 Å². The number of esters is 1. The molecular formula is C14H27NO3. The molecule has 0 aliphatic heterocycles. The second kappa shape index (κ2) is 8.95. The molecule has 0 saturated heterocycles. The van der Waals surface area contributed by atoms with Crippen molar-refractivity contribution in [3.05, 3.63) is 0 Å². The van der Waals surface area contributed by atoms with Crippen LogP contribution < -0.4 is 5.32 Å². The number of ether oxygens (including phenoxy) is 1. The van der Waals surface area contributed by atoms with Gasteiger partial charge in [-0.3, -0.25) is 9.59 Å². The van der Waals surface area contributed by atoms with Gasteiger partial charge in [0.15, 0.2) is 0 Å². The first-order chi connectivity index (χ1) is 8.38. The van der Waals surface area contributed by atoms with Crippen molar-refractivity contribution in [3.63, 3.8) is 0 Å². The average Bonchev–Trinajstić information content (AvgIpc) is 2.28. The Bertz CT molecular complexity index is 256. The van der Waals surface area contributed by atoms with Crippen molar-refractivity contribution in [2.45, 2.75) is 59.8 Å². The molecule has 0 heterocycles. The van der Waals surface area contributed by atoms with Gasteiger partial charge in [-0.2, -0.15) is 0 Å². The molecule has 4 heteroatoms. The summed E-state index contributed by atoms with van der Waals surface area (Å²) in [5, 5.41) is 2.75. The predicted octanol–water partition coefficient (Wildman–Crippen LogP) is 2.66. The quantitative estimate of drug-likeness (QED) is 0.537. The number of carbonyl (C=O) groups is 2. The monoisotopic (exact) mass is 257 g/mol. The molecule has 1 N–H and O–H groups in total. The van der Waals surface area contributed by atoms with E-state index in [2.05, 4.69) is 12.2 Å². The van der Waals surface area contributed by atoms with Crippen molar-refractivity contribution in [2.75, 3.05) is 13.2 Å². The lowest BCUT2D eigenvalue weighted by Gasteiger charge is -2.16. The van der Waals surface area contributed by atoms with Gasteiger partial charge in [0.05, 0.1) is 12.0 Å². The van der Waals surface area contributed by atoms with Crippen LogP contribution in [0.25, 0.3) is 0 Å². The lowest BCUT2D eigenvalue weighted by Crippen LogP contribution is -2.30. The SMILES string of the molecule is CCCCCCC(=O)NCCOC(=O)C(C)(C)C. The summed E-state index contributed by atoms with van der Waals surface area (Å²) in [5.41, 5.74) is -0.482. The number of carbonyl (C=O) groups excluding carboxylic acids is 2. The molecule has 0 bridgehead atoms. The molecule has 106 valence electrons. The minimum Gasteiger partial charge on any atom is -0.463 e. The highest BCUT2D eigenvalue weighted by Gasteiger charge is 2.22. The summed E-state index contributed by atoms with van der Waals surface area (Å²) in [5.74, 6) is -0.197. The van der Waals surface area contributed by atoms with Crippen LogP contribution in [0.1, 0.15) is 59.8 Å². The lowest BCUT2D eigenvalue weighted by atomic mass is 9.97. The van der Waals surface area contributed by atoms with Crippen molar-refractivity contribution in [1.82, 2.24) is 5.32 Å². The molecule has 1 amide bonds. The summed E-state index contributed by atoms with van der Waals surface area (Å²) >= 11 is 0. The van der Waals surface area contributed by atoms with Gasteiger partial charge in [0, 0.05) is 6.42 Å². The first-order valence-electron chi connectivity index (χ1n) is 6.82. The Labute approximate surface area is 110 Å². The van der Waals surface area contributed by atoms with E-state index in [0.29, 0.717) is 13.0 Å². The number of amides is 1. The summed E-state index contributed by atoms with van der Waals surface area (Å²) in [7, 11) is 0. The van der Waals surface area contributed by atoms with Gasteiger partial charge in [-0.05, 0) is 27.2 Å². The molecule has 0 fully saturated rings. The summed E-state index contributed by atoms with van der Waals surface area (Å²) in [6.45, 7) is 8.21. The molecule has 0 radical (unpaired) electrons. The minimum atomic E-state index is -0.482. The summed E-state index contributed by atoms with van der Waals surface area (Å²) in [4.78, 5) is 22.8. The Morgan fingerprint density at radius 3 is 2.33 bits per heavy atom. The Kier molecular flexibility index (Phi) is 8.42. The zero-order valence-corrected chi connectivity index (χ0v) is 12.2. The molecule has 0 atom stereocenters. The van der Waals surface area contributed by atoms with Crippen LogP contribution in [0.2, 0.25) is 0 Å². The van der Waals surface area contributed by atoms with Gasteiger partial charge in [0.25, 0.3) is 0 Å². The van der Waals surface area contributed by atoms with E-state index in [9.17, 15) is 9.59 Å². The Hall–Kier alpha value is -1.06. The fourth-order valence-electron chi connectivity index (χ4n) is 1.35. The van der Waals surface area contributed by atoms with E-state index in [0.717, 1.165) is 12.8 Å². The van der Waals surface area contributed by atoms with Crippen molar-refractivity contribution in [2.24, 2.45) is 5.41 Å². The van der Waals surface area contributed by atoms with E-state index in [1.165, 1.54) is 12.8 Å². The number of nitrogens with one attached hydrogen (secondary N) is 1. The zero-order chi connectivity index (χ0) is 14.0. The number of rotatable bonds is 8. The topological polar surface area (TPSA) is 55.4 Å². The van der Waals surface area contributed by atoms with Crippen molar-refractivity contribution in [3.8, 4) is 0 Å². The first-order valence-corrected chi connectivity index (χ1v) is 6.82. The smallest absolute Gasteiger partial charge is 0.311 e. The molecule has 0 unspecified atom stereocenters. The van der Waals surface area contributed by atoms with Gasteiger partial charge in [-0.1, -0.05) is 26.2 Å². The van der Waals surface area contributed by atoms with Crippen molar-refractivity contribution >= 4 is 11.9 Å². The molecule has 0 aliphatic carbocycles. The molecule has 0 aromatic heterocycles. The zero-order valence-electron chi connectivity index (χ0n) is 12.2. The van der Waals surface area contributed by atoms with Crippen LogP contribution in [-0.4, -0.2) is 25.0 Å². The van der Waals surface area contributed by atoms with Gasteiger partial charge < -0.3 is 10.1 Å². The van der Waals surface area contributed by atoms with Gasteiger partial charge >= 0.3 is 5.97 Å². The highest BCUT2D eigenvalue weighted by atomic mass is 16.5. The Morgan fingerprint density at radius 1 is 1.11 bits per heavy atom. The molecule has 0 aromatic carbocycles. The van der Waals surface area contributed by atoms with E-state index in [1.54, 1.807) is 0 Å². The van der Waals surface area contributed by atoms with Crippen LogP contribution in [0.3, 0.4) is 0 Å². The predicted molar refractivity (Wildman–Crippen MR) is 72.2 cm³/mol. The average molecular weight is 257 g/mol. The molecular weight excluding hydrogens is 230 g/mol. The van der Waals surface area contributed by atoms with Crippen LogP contribution in [-0.2, 0) is 14.3 Å². The minimum absolute atomic E-state index is 0.0397. The molecule has 18 heavy (non-hydrogen) atoms. The molecule has 0 aromatic rings. The Balaban J connectivity index is 3.49. The number of unbranched alkanes of at least 4 members (excludes halogenated alkanes) is 3. The molecule has 0 spiro atoms. The molecule has 0 rings (SSSR count). The normalized spacial score (nSPS) is 11.1. The van der Waals surface area contributed by atoms with Crippen molar-refractivity contribution in [1.29, 1.82) is 0 Å². The van der Waals surface area contributed by atoms with E-state index in [1.807, 2.05) is 20.8 Å². The maximum absolute atomic E-state index is 11.4. The molecule has 4 nitrogen and oxygen atoms in total. The second-order valence-corrected chi connectivity index (χ2v) is 5.55. The lowest BCUT2D eigenvalue weighted by molar-refractivity contribution is -0.153.